The van der Waals surface area contributed by atoms with E-state index in [1.807, 2.05) is 44.2 Å². The smallest absolute Gasteiger partial charge is 0.411 e. The van der Waals surface area contributed by atoms with Crippen LogP contribution >= 0.6 is 0 Å². The summed E-state index contributed by atoms with van der Waals surface area (Å²) < 4.78 is 19.5. The van der Waals surface area contributed by atoms with Gasteiger partial charge < -0.3 is 20.1 Å². The van der Waals surface area contributed by atoms with Gasteiger partial charge in [0.2, 0.25) is 5.91 Å². The number of hydrogen-bond acceptors (Lipinski definition) is 4. The second-order valence-electron chi connectivity index (χ2n) is 9.35. The van der Waals surface area contributed by atoms with Crippen LogP contribution < -0.4 is 5.32 Å². The average molecular weight is 467 g/mol. The van der Waals surface area contributed by atoms with Gasteiger partial charge in [0.25, 0.3) is 0 Å². The van der Waals surface area contributed by atoms with Crippen molar-refractivity contribution in [3.05, 3.63) is 83.3 Å². The number of carbonyl (C=O) groups excluding carboxylic acids is 2. The van der Waals surface area contributed by atoms with Crippen molar-refractivity contribution in [3.63, 3.8) is 0 Å². The molecule has 6 nitrogen and oxygen atoms in total. The van der Waals surface area contributed by atoms with Crippen molar-refractivity contribution < 1.29 is 23.8 Å². The number of ether oxygens (including phenoxy) is 1. The number of carbonyl (C=O) groups is 2. The standard InChI is InChI=1S/C27H31FN2O4/c1-19(20-5-7-21(8-6-20)26(2)13-3-16-29-24(26)32)30-17-15-27(14-4-18-31,34-25(30)33)22-9-11-23(28)12-10-22/h3,5-12,16,19,31H,4,13-15,17-18H2,1-2H3,(H,29,32)/t19-,26?,27+/m0/s1. The first kappa shape index (κ1) is 24.0. The van der Waals surface area contributed by atoms with E-state index < -0.39 is 17.1 Å². The highest BCUT2D eigenvalue weighted by Gasteiger charge is 2.43. The molecule has 0 spiro atoms. The number of aliphatic hydroxyl groups excluding tert-OH is 1. The van der Waals surface area contributed by atoms with Gasteiger partial charge in [0.15, 0.2) is 0 Å². The molecule has 4 rings (SSSR count). The Bertz CT molecular complexity index is 1070. The van der Waals surface area contributed by atoms with Gasteiger partial charge >= 0.3 is 6.09 Å². The van der Waals surface area contributed by atoms with E-state index in [9.17, 15) is 19.1 Å². The van der Waals surface area contributed by atoms with Gasteiger partial charge in [-0.05, 0) is 68.1 Å². The van der Waals surface area contributed by atoms with E-state index in [1.165, 1.54) is 12.1 Å². The average Bonchev–Trinajstić information content (AvgIpc) is 2.85. The summed E-state index contributed by atoms with van der Waals surface area (Å²) in [5.41, 5.74) is 1.10. The number of nitrogens with one attached hydrogen (secondary N) is 1. The molecule has 2 aliphatic rings. The monoisotopic (exact) mass is 466 g/mol. The summed E-state index contributed by atoms with van der Waals surface area (Å²) in [7, 11) is 0. The molecule has 7 heteroatoms. The van der Waals surface area contributed by atoms with E-state index >= 15 is 0 Å². The molecule has 1 saturated heterocycles. The van der Waals surface area contributed by atoms with E-state index in [4.69, 9.17) is 4.74 Å². The normalized spacial score (nSPS) is 25.6. The Hall–Kier alpha value is -3.19. The number of hydrogen-bond donors (Lipinski definition) is 2. The topological polar surface area (TPSA) is 78.9 Å². The van der Waals surface area contributed by atoms with Gasteiger partial charge in [0.1, 0.15) is 11.4 Å². The molecule has 1 fully saturated rings. The molecular weight excluding hydrogens is 435 g/mol. The predicted octanol–water partition coefficient (Wildman–Crippen LogP) is 4.69. The van der Waals surface area contributed by atoms with Crippen molar-refractivity contribution in [1.29, 1.82) is 0 Å². The van der Waals surface area contributed by atoms with Crippen LogP contribution in [-0.2, 0) is 20.5 Å². The number of allylic oxidation sites excluding steroid dienone is 1. The molecule has 2 aliphatic heterocycles. The number of halogens is 1. The van der Waals surface area contributed by atoms with Crippen molar-refractivity contribution in [2.75, 3.05) is 13.2 Å². The zero-order valence-corrected chi connectivity index (χ0v) is 19.6. The Morgan fingerprint density at radius 1 is 1.12 bits per heavy atom. The Kier molecular flexibility index (Phi) is 6.75. The minimum atomic E-state index is -0.885. The number of cyclic esters (lactones) is 1. The molecule has 2 amide bonds. The van der Waals surface area contributed by atoms with Gasteiger partial charge in [-0.2, -0.15) is 0 Å². The zero-order valence-electron chi connectivity index (χ0n) is 19.6. The fourth-order valence-electron chi connectivity index (χ4n) is 4.90. The fraction of sp³-hybridized carbons (Fsp3) is 0.407. The summed E-state index contributed by atoms with van der Waals surface area (Å²) in [5, 5.41) is 12.1. The van der Waals surface area contributed by atoms with E-state index in [0.29, 0.717) is 32.2 Å². The van der Waals surface area contributed by atoms with E-state index in [0.717, 1.165) is 16.7 Å². The highest BCUT2D eigenvalue weighted by molar-refractivity contribution is 5.89. The summed E-state index contributed by atoms with van der Waals surface area (Å²) in [6, 6.07) is 13.6. The predicted molar refractivity (Wildman–Crippen MR) is 126 cm³/mol. The van der Waals surface area contributed by atoms with E-state index in [1.54, 1.807) is 23.2 Å². The maximum absolute atomic E-state index is 13.5. The third kappa shape index (κ3) is 4.44. The maximum atomic E-state index is 13.5. The highest BCUT2D eigenvalue weighted by Crippen LogP contribution is 2.40. The minimum Gasteiger partial charge on any atom is -0.438 e. The van der Waals surface area contributed by atoms with Crippen LogP contribution in [0.5, 0.6) is 0 Å². The van der Waals surface area contributed by atoms with Crippen LogP contribution in [0.2, 0.25) is 0 Å². The van der Waals surface area contributed by atoms with Crippen LogP contribution in [0.3, 0.4) is 0 Å². The quantitative estimate of drug-likeness (QED) is 0.621. The van der Waals surface area contributed by atoms with Gasteiger partial charge in [-0.1, -0.05) is 42.5 Å². The number of rotatable bonds is 7. The molecule has 0 aromatic heterocycles. The Balaban J connectivity index is 1.51. The second kappa shape index (κ2) is 9.58. The molecule has 0 aliphatic carbocycles. The molecule has 0 radical (unpaired) electrons. The van der Waals surface area contributed by atoms with E-state index in [-0.39, 0.29) is 24.4 Å². The second-order valence-corrected chi connectivity index (χ2v) is 9.35. The molecule has 180 valence electrons. The van der Waals surface area contributed by atoms with Crippen molar-refractivity contribution >= 4 is 12.0 Å². The van der Waals surface area contributed by atoms with Crippen LogP contribution in [-0.4, -0.2) is 35.2 Å². The van der Waals surface area contributed by atoms with Crippen LogP contribution in [0.15, 0.2) is 60.8 Å². The number of amides is 2. The molecule has 2 N–H and O–H groups in total. The summed E-state index contributed by atoms with van der Waals surface area (Å²) in [4.78, 5) is 27.3. The molecule has 1 unspecified atom stereocenters. The first-order chi connectivity index (χ1) is 16.3. The van der Waals surface area contributed by atoms with Gasteiger partial charge in [0, 0.05) is 19.6 Å². The van der Waals surface area contributed by atoms with Gasteiger partial charge in [-0.25, -0.2) is 9.18 Å². The Morgan fingerprint density at radius 2 is 1.79 bits per heavy atom. The van der Waals surface area contributed by atoms with Crippen LogP contribution in [0, 0.1) is 5.82 Å². The van der Waals surface area contributed by atoms with Crippen LogP contribution in [0.1, 0.15) is 62.3 Å². The van der Waals surface area contributed by atoms with Crippen LogP contribution in [0.4, 0.5) is 9.18 Å². The van der Waals surface area contributed by atoms with E-state index in [2.05, 4.69) is 5.32 Å². The van der Waals surface area contributed by atoms with Gasteiger partial charge in [0.05, 0.1) is 11.5 Å². The Labute approximate surface area is 199 Å². The van der Waals surface area contributed by atoms with Gasteiger partial charge in [-0.15, -0.1) is 0 Å². The van der Waals surface area contributed by atoms with Crippen molar-refractivity contribution in [3.8, 4) is 0 Å². The molecular formula is C27H31FN2O4. The molecule has 2 aromatic rings. The molecule has 3 atom stereocenters. The number of aliphatic hydroxyl groups is 1. The number of nitrogens with zero attached hydrogens (tertiary/aromatic N) is 1. The molecule has 34 heavy (non-hydrogen) atoms. The lowest BCUT2D eigenvalue weighted by Gasteiger charge is -2.43. The maximum Gasteiger partial charge on any atom is 0.411 e. The SMILES string of the molecule is C[C@@H](c1ccc(C2(C)CC=CNC2=O)cc1)N1CC[C@](CCCO)(c2ccc(F)cc2)OC1=O. The highest BCUT2D eigenvalue weighted by atomic mass is 19.1. The molecule has 2 aromatic carbocycles. The third-order valence-electron chi connectivity index (χ3n) is 7.24. The van der Waals surface area contributed by atoms with Crippen LogP contribution in [0.25, 0.3) is 0 Å². The Morgan fingerprint density at radius 3 is 2.41 bits per heavy atom. The minimum absolute atomic E-state index is 0.0142. The lowest BCUT2D eigenvalue weighted by Crippen LogP contribution is -2.48. The van der Waals surface area contributed by atoms with Gasteiger partial charge in [-0.3, -0.25) is 4.79 Å². The first-order valence-electron chi connectivity index (χ1n) is 11.7. The zero-order chi connectivity index (χ0) is 24.3. The summed E-state index contributed by atoms with van der Waals surface area (Å²) in [5.74, 6) is -0.382. The van der Waals surface area contributed by atoms with Crippen molar-refractivity contribution in [2.45, 2.75) is 56.6 Å². The van der Waals surface area contributed by atoms with Crippen molar-refractivity contribution in [1.82, 2.24) is 10.2 Å². The molecule has 0 bridgehead atoms. The summed E-state index contributed by atoms with van der Waals surface area (Å²) >= 11 is 0. The largest absolute Gasteiger partial charge is 0.438 e. The molecule has 2 heterocycles. The molecule has 0 saturated carbocycles. The summed E-state index contributed by atoms with van der Waals surface area (Å²) in [6.07, 6.45) is 5.30. The summed E-state index contributed by atoms with van der Waals surface area (Å²) in [6.45, 7) is 4.33. The van der Waals surface area contributed by atoms with Crippen molar-refractivity contribution in [2.24, 2.45) is 0 Å². The lowest BCUT2D eigenvalue weighted by atomic mass is 9.77. The number of benzene rings is 2. The fourth-order valence-corrected chi connectivity index (χ4v) is 4.90. The third-order valence-corrected chi connectivity index (χ3v) is 7.24. The lowest BCUT2D eigenvalue weighted by molar-refractivity contribution is -0.125. The first-order valence-corrected chi connectivity index (χ1v) is 11.7.